The highest BCUT2D eigenvalue weighted by atomic mass is 35.5. The molecule has 1 unspecified atom stereocenters. The van der Waals surface area contributed by atoms with E-state index in [-0.39, 0.29) is 34.6 Å². The predicted octanol–water partition coefficient (Wildman–Crippen LogP) is 6.45. The number of benzene rings is 3. The largest absolute Gasteiger partial charge is 0.506 e. The first-order valence-electron chi connectivity index (χ1n) is 11.5. The van der Waals surface area contributed by atoms with Crippen LogP contribution in [0.3, 0.4) is 0 Å². The van der Waals surface area contributed by atoms with E-state index in [4.69, 9.17) is 11.6 Å². The summed E-state index contributed by atoms with van der Waals surface area (Å²) in [5, 5.41) is 21.8. The van der Waals surface area contributed by atoms with E-state index in [2.05, 4.69) is 20.8 Å². The number of phenols is 1. The molecule has 180 valence electrons. The molecule has 0 saturated heterocycles. The van der Waals surface area contributed by atoms with E-state index in [0.29, 0.717) is 17.0 Å². The number of anilines is 1. The maximum atomic E-state index is 13.4. The fourth-order valence-corrected chi connectivity index (χ4v) is 4.51. The number of carbonyl (C=O) groups excluding carboxylic acids is 2. The lowest BCUT2D eigenvalue weighted by atomic mass is 9.85. The molecule has 5 nitrogen and oxygen atoms in total. The van der Waals surface area contributed by atoms with Crippen LogP contribution in [0.15, 0.2) is 84.1 Å². The molecule has 0 fully saturated rings. The summed E-state index contributed by atoms with van der Waals surface area (Å²) >= 11 is 6.17. The number of rotatable bonds is 6. The van der Waals surface area contributed by atoms with Crippen molar-refractivity contribution >= 4 is 29.0 Å². The normalized spacial score (nSPS) is 16.2. The quantitative estimate of drug-likeness (QED) is 0.417. The van der Waals surface area contributed by atoms with Gasteiger partial charge in [0.2, 0.25) is 0 Å². The van der Waals surface area contributed by atoms with Gasteiger partial charge in [0, 0.05) is 11.4 Å². The van der Waals surface area contributed by atoms with Crippen LogP contribution in [0.5, 0.6) is 5.75 Å². The minimum atomic E-state index is -0.899. The van der Waals surface area contributed by atoms with Crippen molar-refractivity contribution in [1.82, 2.24) is 0 Å². The summed E-state index contributed by atoms with van der Waals surface area (Å²) in [5.41, 5.74) is 2.80. The Bertz CT molecular complexity index is 1290. The van der Waals surface area contributed by atoms with E-state index in [1.54, 1.807) is 0 Å². The highest BCUT2D eigenvalue weighted by Gasteiger charge is 2.45. The van der Waals surface area contributed by atoms with Gasteiger partial charge in [-0.25, -0.2) is 0 Å². The number of phenolic OH excluding ortho intramolecular Hbond substituents is 1. The fourth-order valence-electron chi connectivity index (χ4n) is 4.35. The van der Waals surface area contributed by atoms with Crippen molar-refractivity contribution in [3.63, 3.8) is 0 Å². The van der Waals surface area contributed by atoms with Gasteiger partial charge >= 0.3 is 0 Å². The first kappa shape index (κ1) is 24.6. The first-order chi connectivity index (χ1) is 16.6. The number of carbonyl (C=O) groups is 2. The van der Waals surface area contributed by atoms with Crippen LogP contribution in [0.2, 0.25) is 5.02 Å². The molecule has 0 radical (unpaired) electrons. The zero-order valence-corrected chi connectivity index (χ0v) is 20.7. The summed E-state index contributed by atoms with van der Waals surface area (Å²) in [6.07, 6.45) is 0.603. The Morgan fingerprint density at radius 3 is 2.26 bits per heavy atom. The molecule has 3 aromatic rings. The van der Waals surface area contributed by atoms with Crippen LogP contribution in [0.4, 0.5) is 5.69 Å². The molecule has 3 aromatic carbocycles. The fraction of sp³-hybridized carbons (Fsp3) is 0.241. The highest BCUT2D eigenvalue weighted by Crippen LogP contribution is 2.45. The molecular formula is C29H28ClNO4. The van der Waals surface area contributed by atoms with Gasteiger partial charge < -0.3 is 10.2 Å². The van der Waals surface area contributed by atoms with Crippen LogP contribution in [0.25, 0.3) is 0 Å². The van der Waals surface area contributed by atoms with Crippen LogP contribution >= 0.6 is 11.6 Å². The summed E-state index contributed by atoms with van der Waals surface area (Å²) in [4.78, 5) is 28.0. The van der Waals surface area contributed by atoms with Crippen molar-refractivity contribution in [2.24, 2.45) is 0 Å². The van der Waals surface area contributed by atoms with Gasteiger partial charge in [-0.3, -0.25) is 14.5 Å². The van der Waals surface area contributed by atoms with Crippen molar-refractivity contribution in [3.8, 4) is 5.75 Å². The maximum absolute atomic E-state index is 13.4. The third kappa shape index (κ3) is 4.96. The monoisotopic (exact) mass is 489 g/mol. The van der Waals surface area contributed by atoms with Crippen LogP contribution in [0.1, 0.15) is 49.9 Å². The number of hydrogen-bond donors (Lipinski definition) is 2. The summed E-state index contributed by atoms with van der Waals surface area (Å²) < 4.78 is 0. The standard InChI is InChI=1S/C29H28ClNO4/c1-29(2,3)20-12-10-19(11-13-20)26-25(24(33)15-9-18-7-5-4-6-8-18)27(34)28(35)31(26)22-17-21(30)14-16-23(22)32/h4-8,10-14,16-17,26,32,34H,9,15H2,1-3H3. The van der Waals surface area contributed by atoms with E-state index >= 15 is 0 Å². The third-order valence-electron chi connectivity index (χ3n) is 6.28. The molecule has 0 spiro atoms. The summed E-state index contributed by atoms with van der Waals surface area (Å²) in [6, 6.07) is 20.6. The average molecular weight is 490 g/mol. The summed E-state index contributed by atoms with van der Waals surface area (Å²) in [7, 11) is 0. The number of nitrogens with zero attached hydrogens (tertiary/aromatic N) is 1. The highest BCUT2D eigenvalue weighted by molar-refractivity contribution is 6.31. The lowest BCUT2D eigenvalue weighted by molar-refractivity contribution is -0.118. The predicted molar refractivity (Wildman–Crippen MR) is 138 cm³/mol. The van der Waals surface area contributed by atoms with E-state index in [1.807, 2.05) is 54.6 Å². The zero-order valence-electron chi connectivity index (χ0n) is 20.0. The number of amides is 1. The van der Waals surface area contributed by atoms with Gasteiger partial charge in [-0.15, -0.1) is 0 Å². The Morgan fingerprint density at radius 2 is 1.63 bits per heavy atom. The zero-order chi connectivity index (χ0) is 25.3. The number of aryl methyl sites for hydroxylation is 1. The Labute approximate surface area is 210 Å². The Balaban J connectivity index is 1.77. The maximum Gasteiger partial charge on any atom is 0.294 e. The van der Waals surface area contributed by atoms with E-state index in [9.17, 15) is 19.8 Å². The average Bonchev–Trinajstić information content (AvgIpc) is 3.09. The van der Waals surface area contributed by atoms with Gasteiger partial charge in [-0.2, -0.15) is 0 Å². The van der Waals surface area contributed by atoms with E-state index in [0.717, 1.165) is 11.1 Å². The van der Waals surface area contributed by atoms with Gasteiger partial charge in [-0.1, -0.05) is 87.0 Å². The lowest BCUT2D eigenvalue weighted by Gasteiger charge is -2.28. The molecule has 1 amide bonds. The van der Waals surface area contributed by atoms with Crippen LogP contribution in [0, 0.1) is 0 Å². The third-order valence-corrected chi connectivity index (χ3v) is 6.52. The molecule has 2 N–H and O–H groups in total. The van der Waals surface area contributed by atoms with Gasteiger partial charge in [0.05, 0.1) is 17.3 Å². The molecule has 1 heterocycles. The second kappa shape index (κ2) is 9.59. The number of aliphatic hydroxyl groups excluding tert-OH is 1. The van der Waals surface area contributed by atoms with Crippen molar-refractivity contribution in [2.75, 3.05) is 4.90 Å². The van der Waals surface area contributed by atoms with E-state index in [1.165, 1.54) is 23.1 Å². The minimum absolute atomic E-state index is 0.0221. The molecule has 35 heavy (non-hydrogen) atoms. The van der Waals surface area contributed by atoms with Crippen molar-refractivity contribution in [3.05, 3.63) is 106 Å². The molecular weight excluding hydrogens is 462 g/mol. The number of Topliss-reactive ketones (excluding diaryl/α,β-unsaturated/α-hetero) is 1. The Morgan fingerprint density at radius 1 is 0.971 bits per heavy atom. The molecule has 1 atom stereocenters. The number of halogens is 1. The smallest absolute Gasteiger partial charge is 0.294 e. The van der Waals surface area contributed by atoms with Crippen molar-refractivity contribution in [2.45, 2.75) is 45.1 Å². The molecule has 0 bridgehead atoms. The Kier molecular flexibility index (Phi) is 6.73. The minimum Gasteiger partial charge on any atom is -0.506 e. The lowest BCUT2D eigenvalue weighted by Crippen LogP contribution is -2.31. The molecule has 0 aliphatic carbocycles. The number of aliphatic hydroxyl groups is 1. The first-order valence-corrected chi connectivity index (χ1v) is 11.9. The van der Waals surface area contributed by atoms with Gasteiger partial charge in [0.1, 0.15) is 5.75 Å². The van der Waals surface area contributed by atoms with Crippen LogP contribution in [-0.2, 0) is 21.4 Å². The van der Waals surface area contributed by atoms with Gasteiger partial charge in [-0.05, 0) is 46.7 Å². The molecule has 6 heteroatoms. The molecule has 0 aromatic heterocycles. The van der Waals surface area contributed by atoms with Gasteiger partial charge in [0.25, 0.3) is 5.91 Å². The summed E-state index contributed by atoms with van der Waals surface area (Å²) in [6.45, 7) is 6.30. The number of aromatic hydroxyl groups is 1. The second-order valence-electron chi connectivity index (χ2n) is 9.75. The van der Waals surface area contributed by atoms with Crippen LogP contribution < -0.4 is 4.90 Å². The second-order valence-corrected chi connectivity index (χ2v) is 10.2. The SMILES string of the molecule is CC(C)(C)c1ccc(C2C(C(=O)CCc3ccccc3)=C(O)C(=O)N2c2cc(Cl)ccc2O)cc1. The van der Waals surface area contributed by atoms with E-state index < -0.39 is 17.7 Å². The topological polar surface area (TPSA) is 77.8 Å². The number of hydrogen-bond acceptors (Lipinski definition) is 4. The Hall–Kier alpha value is -3.57. The molecule has 1 aliphatic heterocycles. The van der Waals surface area contributed by atoms with Crippen molar-refractivity contribution < 1.29 is 19.8 Å². The van der Waals surface area contributed by atoms with Crippen LogP contribution in [-0.4, -0.2) is 21.9 Å². The molecule has 4 rings (SSSR count). The molecule has 0 saturated carbocycles. The molecule has 1 aliphatic rings. The van der Waals surface area contributed by atoms with Crippen molar-refractivity contribution in [1.29, 1.82) is 0 Å². The number of ketones is 1. The summed E-state index contributed by atoms with van der Waals surface area (Å²) in [5.74, 6) is -1.86. The van der Waals surface area contributed by atoms with Gasteiger partial charge in [0.15, 0.2) is 11.5 Å².